The highest BCUT2D eigenvalue weighted by Crippen LogP contribution is 2.48. The standard InChI is InChI=1S/C8H13N3O9S2.C7H11N3O9S2/c1-5(19-10(14)15)2-6-3-8(22-21-6)7(20-11(16)17)4-18-9(12)13;1-4(18-9(13)14)6-2-7(21-20-6)5(19-10(15)16)3-17-8(11)12/h5-8H,2-4H2,1H3;4-7H,2-3H2,1H3. The van der Waals surface area contributed by atoms with Crippen molar-refractivity contribution in [2.45, 2.75) is 78.5 Å². The Morgan fingerprint density at radius 3 is 1.44 bits per heavy atom. The summed E-state index contributed by atoms with van der Waals surface area (Å²) in [4.78, 5) is 87.5. The van der Waals surface area contributed by atoms with Crippen LogP contribution in [0.1, 0.15) is 33.1 Å². The van der Waals surface area contributed by atoms with Crippen LogP contribution in [0.3, 0.4) is 0 Å². The van der Waals surface area contributed by atoms with Crippen LogP contribution in [-0.4, -0.2) is 89.1 Å². The zero-order valence-corrected chi connectivity index (χ0v) is 25.1. The van der Waals surface area contributed by atoms with E-state index in [0.29, 0.717) is 19.3 Å². The minimum atomic E-state index is -1.14. The topological polar surface area (TPSA) is 314 Å². The first-order valence-corrected chi connectivity index (χ1v) is 16.1. The average molecular weight is 705 g/mol. The molecule has 0 aromatic heterocycles. The lowest BCUT2D eigenvalue weighted by atomic mass is 10.1. The molecule has 2 fully saturated rings. The monoisotopic (exact) mass is 704 g/mol. The number of hydrogen-bond acceptors (Lipinski definition) is 22. The molecular formula is C15H24N6O18S4. The molecule has 2 aliphatic rings. The largest absolute Gasteiger partial charge is 0.312 e. The van der Waals surface area contributed by atoms with Crippen LogP contribution in [0.2, 0.25) is 0 Å². The van der Waals surface area contributed by atoms with Gasteiger partial charge in [0.25, 0.3) is 30.5 Å². The van der Waals surface area contributed by atoms with E-state index >= 15 is 0 Å². The molecule has 0 aliphatic carbocycles. The summed E-state index contributed by atoms with van der Waals surface area (Å²) < 4.78 is 0. The maximum atomic E-state index is 10.4. The van der Waals surface area contributed by atoms with Crippen LogP contribution < -0.4 is 0 Å². The normalized spacial score (nSPS) is 23.6. The molecule has 0 aromatic carbocycles. The second kappa shape index (κ2) is 19.0. The lowest BCUT2D eigenvalue weighted by Crippen LogP contribution is -2.35. The summed E-state index contributed by atoms with van der Waals surface area (Å²) in [7, 11) is 5.09. The van der Waals surface area contributed by atoms with E-state index in [9.17, 15) is 60.7 Å². The summed E-state index contributed by atoms with van der Waals surface area (Å²) >= 11 is 0. The Morgan fingerprint density at radius 2 is 1.00 bits per heavy atom. The van der Waals surface area contributed by atoms with E-state index in [-0.39, 0.29) is 10.5 Å². The Morgan fingerprint density at radius 1 is 0.581 bits per heavy atom. The molecule has 246 valence electrons. The van der Waals surface area contributed by atoms with Crippen LogP contribution in [0.15, 0.2) is 0 Å². The molecule has 0 saturated carbocycles. The summed E-state index contributed by atoms with van der Waals surface area (Å²) in [5, 5.41) is 54.5. The van der Waals surface area contributed by atoms with Gasteiger partial charge < -0.3 is 29.0 Å². The van der Waals surface area contributed by atoms with E-state index < -0.39 is 78.6 Å². The molecule has 0 bridgehead atoms. The van der Waals surface area contributed by atoms with E-state index in [1.54, 1.807) is 6.92 Å². The molecule has 0 radical (unpaired) electrons. The van der Waals surface area contributed by atoms with E-state index in [4.69, 9.17) is 0 Å². The molecule has 0 spiro atoms. The first kappa shape index (κ1) is 37.6. The SMILES string of the molecule is CC(CC1CC(C(CO[N+](=O)[O-])O[N+](=O)[O-])SS1)O[N+](=O)[O-].CC(O[N+](=O)[O-])C1CC(C(CO[N+](=O)[O-])O[N+](=O)[O-])SS1. The van der Waals surface area contributed by atoms with Crippen molar-refractivity contribution >= 4 is 43.2 Å². The summed E-state index contributed by atoms with van der Waals surface area (Å²) in [6, 6.07) is 0. The van der Waals surface area contributed by atoms with Crippen molar-refractivity contribution in [2.24, 2.45) is 0 Å². The number of hydrogen-bond donors (Lipinski definition) is 0. The Kier molecular flexibility index (Phi) is 16.6. The van der Waals surface area contributed by atoms with Crippen LogP contribution in [0, 0.1) is 60.7 Å². The molecule has 2 heterocycles. The molecule has 8 unspecified atom stereocenters. The highest BCUT2D eigenvalue weighted by atomic mass is 33.1. The van der Waals surface area contributed by atoms with Crippen LogP contribution in [0.5, 0.6) is 0 Å². The van der Waals surface area contributed by atoms with E-state index in [1.165, 1.54) is 50.1 Å². The minimum absolute atomic E-state index is 0.0431. The summed E-state index contributed by atoms with van der Waals surface area (Å²) in [5.41, 5.74) is 0. The Bertz CT molecular complexity index is 986. The van der Waals surface area contributed by atoms with Gasteiger partial charge in [0.2, 0.25) is 0 Å². The van der Waals surface area contributed by atoms with Crippen molar-refractivity contribution in [3.8, 4) is 0 Å². The smallest absolute Gasteiger partial charge is 0.294 e. The summed E-state index contributed by atoms with van der Waals surface area (Å²) in [6.45, 7) is 1.89. The zero-order valence-electron chi connectivity index (χ0n) is 21.8. The quantitative estimate of drug-likeness (QED) is 0.106. The number of nitrogens with zero attached hydrogens (tertiary/aromatic N) is 6. The van der Waals surface area contributed by atoms with Crippen molar-refractivity contribution in [1.29, 1.82) is 0 Å². The molecule has 0 N–H and O–H groups in total. The average Bonchev–Trinajstić information content (AvgIpc) is 3.53. The third kappa shape index (κ3) is 16.1. The van der Waals surface area contributed by atoms with Crippen molar-refractivity contribution in [2.75, 3.05) is 13.2 Å². The van der Waals surface area contributed by atoms with Gasteiger partial charge in [-0.3, -0.25) is 0 Å². The van der Waals surface area contributed by atoms with Gasteiger partial charge in [0, 0.05) is 21.0 Å². The van der Waals surface area contributed by atoms with Crippen LogP contribution in [0.25, 0.3) is 0 Å². The van der Waals surface area contributed by atoms with Crippen LogP contribution in [0.4, 0.5) is 0 Å². The second-order valence-corrected chi connectivity index (χ2v) is 13.8. The van der Waals surface area contributed by atoms with Gasteiger partial charge >= 0.3 is 0 Å². The minimum Gasteiger partial charge on any atom is -0.312 e. The second-order valence-electron chi connectivity index (χ2n) is 8.28. The predicted octanol–water partition coefficient (Wildman–Crippen LogP) is 2.17. The molecule has 2 rings (SSSR count). The van der Waals surface area contributed by atoms with E-state index in [0.717, 1.165) is 0 Å². The summed E-state index contributed by atoms with van der Waals surface area (Å²) in [6.07, 6.45) is -2.46. The molecule has 43 heavy (non-hydrogen) atoms. The van der Waals surface area contributed by atoms with Gasteiger partial charge in [-0.25, -0.2) is 0 Å². The fourth-order valence-electron chi connectivity index (χ4n) is 3.44. The Hall–Kier alpha value is -3.40. The van der Waals surface area contributed by atoms with Gasteiger partial charge in [-0.1, -0.05) is 43.2 Å². The van der Waals surface area contributed by atoms with Gasteiger partial charge in [0.15, 0.2) is 0 Å². The highest BCUT2D eigenvalue weighted by molar-refractivity contribution is 8.77. The van der Waals surface area contributed by atoms with Crippen LogP contribution >= 0.6 is 43.2 Å². The van der Waals surface area contributed by atoms with Gasteiger partial charge in [-0.2, -0.15) is 0 Å². The van der Waals surface area contributed by atoms with Crippen molar-refractivity contribution in [1.82, 2.24) is 0 Å². The van der Waals surface area contributed by atoms with Crippen LogP contribution in [-0.2, 0) is 29.0 Å². The van der Waals surface area contributed by atoms with Crippen molar-refractivity contribution < 1.29 is 59.5 Å². The first-order valence-electron chi connectivity index (χ1n) is 11.5. The van der Waals surface area contributed by atoms with E-state index in [2.05, 4.69) is 29.0 Å². The third-order valence-electron chi connectivity index (χ3n) is 5.18. The molecule has 8 atom stereocenters. The first-order chi connectivity index (χ1) is 20.1. The van der Waals surface area contributed by atoms with E-state index in [1.807, 2.05) is 0 Å². The van der Waals surface area contributed by atoms with Gasteiger partial charge in [0.1, 0.15) is 37.6 Å². The molecule has 0 amide bonds. The van der Waals surface area contributed by atoms with Gasteiger partial charge in [-0.05, 0) is 33.1 Å². The van der Waals surface area contributed by atoms with Crippen molar-refractivity contribution in [3.63, 3.8) is 0 Å². The zero-order chi connectivity index (χ0) is 32.7. The molecule has 28 heteroatoms. The van der Waals surface area contributed by atoms with Gasteiger partial charge in [-0.15, -0.1) is 60.7 Å². The molecular weight excluding hydrogens is 680 g/mol. The number of rotatable bonds is 19. The maximum Gasteiger partial charge on any atom is 0.294 e. The fraction of sp³-hybridized carbons (Fsp3) is 1.00. The lowest BCUT2D eigenvalue weighted by Gasteiger charge is -2.20. The molecule has 2 saturated heterocycles. The van der Waals surface area contributed by atoms with Crippen molar-refractivity contribution in [3.05, 3.63) is 60.7 Å². The molecule has 24 nitrogen and oxygen atoms in total. The Balaban J connectivity index is 0.000000430. The molecule has 2 aliphatic heterocycles. The predicted molar refractivity (Wildman–Crippen MR) is 144 cm³/mol. The summed E-state index contributed by atoms with van der Waals surface area (Å²) in [5.74, 6) is 0. The molecule has 0 aromatic rings. The lowest BCUT2D eigenvalue weighted by molar-refractivity contribution is -0.789. The fourth-order valence-corrected chi connectivity index (χ4v) is 10.6. The Labute approximate surface area is 254 Å². The van der Waals surface area contributed by atoms with Gasteiger partial charge in [0.05, 0.1) is 0 Å². The maximum absolute atomic E-state index is 10.4. The highest BCUT2D eigenvalue weighted by Gasteiger charge is 2.39. The third-order valence-corrected chi connectivity index (χ3v) is 12.1.